The van der Waals surface area contributed by atoms with E-state index in [9.17, 15) is 9.18 Å². The summed E-state index contributed by atoms with van der Waals surface area (Å²) in [6, 6.07) is 20.2. The van der Waals surface area contributed by atoms with E-state index in [2.05, 4.69) is 40.1 Å². The van der Waals surface area contributed by atoms with Crippen LogP contribution in [0.2, 0.25) is 0 Å². The zero-order valence-corrected chi connectivity index (χ0v) is 20.2. The van der Waals surface area contributed by atoms with Gasteiger partial charge in [0, 0.05) is 11.6 Å². The monoisotopic (exact) mass is 485 g/mol. The molecule has 0 fully saturated rings. The molecule has 6 nitrogen and oxygen atoms in total. The molecule has 0 aromatic heterocycles. The molecule has 0 unspecified atom stereocenters. The van der Waals surface area contributed by atoms with Crippen LogP contribution in [0.15, 0.2) is 84.0 Å². The molecule has 36 heavy (non-hydrogen) atoms. The van der Waals surface area contributed by atoms with Crippen molar-refractivity contribution >= 4 is 17.3 Å². The lowest BCUT2D eigenvalue weighted by Crippen LogP contribution is -2.29. The highest BCUT2D eigenvalue weighted by molar-refractivity contribution is 6.00. The summed E-state index contributed by atoms with van der Waals surface area (Å²) in [7, 11) is 1.55. The second-order valence-corrected chi connectivity index (χ2v) is 9.00. The normalized spacial score (nSPS) is 20.2. The molecule has 184 valence electrons. The van der Waals surface area contributed by atoms with Gasteiger partial charge in [-0.3, -0.25) is 4.79 Å². The van der Waals surface area contributed by atoms with E-state index in [1.165, 1.54) is 17.7 Å². The summed E-state index contributed by atoms with van der Waals surface area (Å²) in [5.74, 6) is 1.08. The topological polar surface area (TPSA) is 72.0 Å². The lowest BCUT2D eigenvalue weighted by Gasteiger charge is -2.37. The number of allylic oxidation sites excluding steroid dienone is 2. The summed E-state index contributed by atoms with van der Waals surface area (Å²) >= 11 is 0. The van der Waals surface area contributed by atoms with E-state index in [0.29, 0.717) is 23.1 Å². The predicted molar refractivity (Wildman–Crippen MR) is 138 cm³/mol. The van der Waals surface area contributed by atoms with E-state index in [1.807, 2.05) is 37.3 Å². The molecule has 3 aromatic carbocycles. The fourth-order valence-electron chi connectivity index (χ4n) is 4.94. The Morgan fingerprint density at radius 1 is 1.11 bits per heavy atom. The van der Waals surface area contributed by atoms with Crippen molar-refractivity contribution in [2.24, 2.45) is 11.0 Å². The second kappa shape index (κ2) is 10.2. The number of carbonyl (C=O) groups excluding carboxylic acids is 1. The maximum absolute atomic E-state index is 13.5. The first-order valence-electron chi connectivity index (χ1n) is 12.0. The Morgan fingerprint density at radius 2 is 1.89 bits per heavy atom. The standard InChI is InChI=1S/C29H28FN3O3/c1-18(32-33-28(34)17-36-27-9-4-3-8-26(27)35-2)20-12-15-25-24(16-20)22-6-5-7-23(22)29(31-25)19-10-13-21(30)14-11-19/h3-6,8-16,22-23,29,31H,7,17H2,1-2H3,(H,33,34)/b32-18-/t22-,23+,29+/m1/s1. The number of benzene rings is 3. The first kappa shape index (κ1) is 23.6. The lowest BCUT2D eigenvalue weighted by molar-refractivity contribution is -0.123. The van der Waals surface area contributed by atoms with Crippen molar-refractivity contribution in [2.45, 2.75) is 25.3 Å². The number of ether oxygens (including phenoxy) is 2. The van der Waals surface area contributed by atoms with Crippen LogP contribution in [0.4, 0.5) is 10.1 Å². The van der Waals surface area contributed by atoms with E-state index >= 15 is 0 Å². The van der Waals surface area contributed by atoms with E-state index < -0.39 is 0 Å². The molecule has 3 aromatic rings. The number of hydrogen-bond acceptors (Lipinski definition) is 5. The Hall–Kier alpha value is -4.13. The van der Waals surface area contributed by atoms with Gasteiger partial charge in [-0.25, -0.2) is 9.82 Å². The van der Waals surface area contributed by atoms with Crippen molar-refractivity contribution in [2.75, 3.05) is 19.0 Å². The average Bonchev–Trinajstić information content (AvgIpc) is 3.41. The van der Waals surface area contributed by atoms with Gasteiger partial charge in [0.25, 0.3) is 5.91 Å². The molecule has 3 atom stereocenters. The van der Waals surface area contributed by atoms with Gasteiger partial charge in [-0.2, -0.15) is 5.10 Å². The largest absolute Gasteiger partial charge is 0.493 e. The van der Waals surface area contributed by atoms with Crippen LogP contribution < -0.4 is 20.2 Å². The molecule has 0 spiro atoms. The van der Waals surface area contributed by atoms with Gasteiger partial charge in [-0.15, -0.1) is 0 Å². The van der Waals surface area contributed by atoms with Crippen LogP contribution in [0.3, 0.4) is 0 Å². The molecule has 5 rings (SSSR count). The summed E-state index contributed by atoms with van der Waals surface area (Å²) in [6.45, 7) is 1.69. The highest BCUT2D eigenvalue weighted by Gasteiger charge is 2.38. The van der Waals surface area contributed by atoms with Crippen LogP contribution in [0.25, 0.3) is 0 Å². The van der Waals surface area contributed by atoms with Crippen molar-refractivity contribution in [3.8, 4) is 11.5 Å². The molecule has 1 amide bonds. The van der Waals surface area contributed by atoms with Crippen molar-refractivity contribution in [1.82, 2.24) is 5.43 Å². The Bertz CT molecular complexity index is 1320. The smallest absolute Gasteiger partial charge is 0.277 e. The summed E-state index contributed by atoms with van der Waals surface area (Å²) in [4.78, 5) is 12.3. The van der Waals surface area contributed by atoms with Gasteiger partial charge in [-0.05, 0) is 72.4 Å². The van der Waals surface area contributed by atoms with Gasteiger partial charge in [0.2, 0.25) is 0 Å². The molecule has 7 heteroatoms. The number of para-hydroxylation sites is 2. The number of rotatable bonds is 7. The first-order valence-corrected chi connectivity index (χ1v) is 12.0. The number of hydrogen-bond donors (Lipinski definition) is 2. The highest BCUT2D eigenvalue weighted by Crippen LogP contribution is 2.49. The van der Waals surface area contributed by atoms with Gasteiger partial charge < -0.3 is 14.8 Å². The average molecular weight is 486 g/mol. The minimum atomic E-state index is -0.360. The lowest BCUT2D eigenvalue weighted by atomic mass is 9.76. The molecule has 1 aliphatic heterocycles. The summed E-state index contributed by atoms with van der Waals surface area (Å²) in [5.41, 5.74) is 7.54. The highest BCUT2D eigenvalue weighted by atomic mass is 19.1. The fourth-order valence-corrected chi connectivity index (χ4v) is 4.94. The van der Waals surface area contributed by atoms with Crippen LogP contribution in [-0.4, -0.2) is 25.3 Å². The van der Waals surface area contributed by atoms with Crippen molar-refractivity contribution in [3.63, 3.8) is 0 Å². The Balaban J connectivity index is 1.28. The van der Waals surface area contributed by atoms with Crippen LogP contribution in [0.5, 0.6) is 11.5 Å². The maximum atomic E-state index is 13.5. The first-order chi connectivity index (χ1) is 17.5. The zero-order valence-electron chi connectivity index (χ0n) is 20.2. The third-order valence-corrected chi connectivity index (χ3v) is 6.79. The third kappa shape index (κ3) is 4.82. The molecule has 1 aliphatic carbocycles. The second-order valence-electron chi connectivity index (χ2n) is 9.00. The van der Waals surface area contributed by atoms with Crippen molar-refractivity contribution in [1.29, 1.82) is 0 Å². The van der Waals surface area contributed by atoms with Gasteiger partial charge >= 0.3 is 0 Å². The number of hydrazone groups is 1. The van der Waals surface area contributed by atoms with Gasteiger partial charge in [0.1, 0.15) is 5.82 Å². The molecular weight excluding hydrogens is 457 g/mol. The maximum Gasteiger partial charge on any atom is 0.277 e. The quantitative estimate of drug-likeness (QED) is 0.260. The fraction of sp³-hybridized carbons (Fsp3) is 0.241. The Kier molecular flexibility index (Phi) is 6.71. The Morgan fingerprint density at radius 3 is 2.67 bits per heavy atom. The molecule has 2 N–H and O–H groups in total. The number of amides is 1. The van der Waals surface area contributed by atoms with Crippen LogP contribution in [0, 0.1) is 11.7 Å². The van der Waals surface area contributed by atoms with Crippen LogP contribution in [-0.2, 0) is 4.79 Å². The third-order valence-electron chi connectivity index (χ3n) is 6.79. The molecule has 0 saturated carbocycles. The van der Waals surface area contributed by atoms with E-state index in [4.69, 9.17) is 9.47 Å². The number of anilines is 1. The molecule has 2 aliphatic rings. The zero-order chi connectivity index (χ0) is 25.1. The van der Waals surface area contributed by atoms with Crippen LogP contribution >= 0.6 is 0 Å². The van der Waals surface area contributed by atoms with Gasteiger partial charge in [0.15, 0.2) is 18.1 Å². The summed E-state index contributed by atoms with van der Waals surface area (Å²) < 4.78 is 24.3. The molecule has 0 radical (unpaired) electrons. The minimum Gasteiger partial charge on any atom is -0.493 e. The van der Waals surface area contributed by atoms with Gasteiger partial charge in [-0.1, -0.05) is 42.5 Å². The molecule has 0 saturated heterocycles. The predicted octanol–water partition coefficient (Wildman–Crippen LogP) is 5.58. The summed E-state index contributed by atoms with van der Waals surface area (Å²) in [5, 5.41) is 7.95. The van der Waals surface area contributed by atoms with Crippen molar-refractivity contribution in [3.05, 3.63) is 101 Å². The van der Waals surface area contributed by atoms with E-state index in [1.54, 1.807) is 19.2 Å². The van der Waals surface area contributed by atoms with Crippen LogP contribution in [0.1, 0.15) is 42.0 Å². The number of nitrogens with one attached hydrogen (secondary N) is 2. The number of methoxy groups -OCH3 is 1. The number of halogens is 1. The molecule has 1 heterocycles. The number of nitrogens with zero attached hydrogens (tertiary/aromatic N) is 1. The van der Waals surface area contributed by atoms with E-state index in [-0.39, 0.29) is 30.3 Å². The Labute approximate surface area is 209 Å². The molecular formula is C29H28FN3O3. The van der Waals surface area contributed by atoms with Crippen molar-refractivity contribution < 1.29 is 18.7 Å². The van der Waals surface area contributed by atoms with E-state index in [0.717, 1.165) is 23.2 Å². The molecule has 0 bridgehead atoms. The summed E-state index contributed by atoms with van der Waals surface area (Å²) in [6.07, 6.45) is 5.44. The minimum absolute atomic E-state index is 0.112. The van der Waals surface area contributed by atoms with Gasteiger partial charge in [0.05, 0.1) is 18.9 Å². The number of carbonyl (C=O) groups is 1. The number of fused-ring (bicyclic) bond motifs is 3. The SMILES string of the molecule is COc1ccccc1OCC(=O)N/N=C(/C)c1ccc2c(c1)[C@@H]1C=CC[C@@H]1[C@H](c1ccc(F)cc1)N2.